The molecule has 0 bridgehead atoms. The maximum absolute atomic E-state index is 13.0. The predicted octanol–water partition coefficient (Wildman–Crippen LogP) is 4.88. The van der Waals surface area contributed by atoms with Gasteiger partial charge in [-0.1, -0.05) is 38.0 Å². The molecule has 0 spiro atoms. The van der Waals surface area contributed by atoms with Crippen molar-refractivity contribution in [3.63, 3.8) is 0 Å². The highest BCUT2D eigenvalue weighted by molar-refractivity contribution is 5.92. The average Bonchev–Trinajstić information content (AvgIpc) is 3.42. The lowest BCUT2D eigenvalue weighted by Gasteiger charge is -2.22. The minimum Gasteiger partial charge on any atom is -0.326 e. The molecule has 0 radical (unpaired) electrons. The van der Waals surface area contributed by atoms with E-state index in [9.17, 15) is 4.79 Å². The molecular weight excluding hydrogens is 386 g/mol. The summed E-state index contributed by atoms with van der Waals surface area (Å²) in [7, 11) is 4.10. The van der Waals surface area contributed by atoms with Crippen LogP contribution in [0.4, 0.5) is 5.69 Å². The summed E-state index contributed by atoms with van der Waals surface area (Å²) in [6.07, 6.45) is 6.07. The van der Waals surface area contributed by atoms with Crippen molar-refractivity contribution < 1.29 is 4.79 Å². The van der Waals surface area contributed by atoms with Crippen molar-refractivity contribution in [1.82, 2.24) is 19.7 Å². The van der Waals surface area contributed by atoms with Crippen LogP contribution in [-0.2, 0) is 11.2 Å². The van der Waals surface area contributed by atoms with E-state index in [2.05, 4.69) is 65.9 Å². The standard InChI is InChI=1S/C25H39N5O/c1-17(2)8-7-9-23-27-28-25(30(23)21-11-12-21)20(16-29(5)6)15-24(31)26-22-13-10-18(3)14-19(22)4/h10,13-14,17,20-21H,7-9,11-12,15-16H2,1-6H3,(H,26,31). The Morgan fingerprint density at radius 2 is 1.97 bits per heavy atom. The van der Waals surface area contributed by atoms with Crippen molar-refractivity contribution in [1.29, 1.82) is 0 Å². The number of nitrogens with one attached hydrogen (secondary N) is 1. The van der Waals surface area contributed by atoms with Crippen molar-refractivity contribution in [2.24, 2.45) is 5.92 Å². The number of hydrogen-bond acceptors (Lipinski definition) is 4. The van der Waals surface area contributed by atoms with Crippen molar-refractivity contribution in [3.05, 3.63) is 41.0 Å². The molecule has 0 aliphatic heterocycles. The van der Waals surface area contributed by atoms with Crippen molar-refractivity contribution in [3.8, 4) is 0 Å². The fourth-order valence-corrected chi connectivity index (χ4v) is 4.24. The number of aryl methyl sites for hydroxylation is 3. The molecule has 1 saturated carbocycles. The Labute approximate surface area is 187 Å². The van der Waals surface area contributed by atoms with Gasteiger partial charge in [0.2, 0.25) is 5.91 Å². The fraction of sp³-hybridized carbons (Fsp3) is 0.640. The second kappa shape index (κ2) is 10.4. The van der Waals surface area contributed by atoms with Crippen LogP contribution in [0.2, 0.25) is 0 Å². The van der Waals surface area contributed by atoms with Gasteiger partial charge in [0.25, 0.3) is 0 Å². The molecule has 6 nitrogen and oxygen atoms in total. The molecule has 1 N–H and O–H groups in total. The summed E-state index contributed by atoms with van der Waals surface area (Å²) in [5.74, 6) is 2.83. The van der Waals surface area contributed by atoms with E-state index in [0.29, 0.717) is 18.4 Å². The second-order valence-electron chi connectivity index (χ2n) is 9.89. The maximum Gasteiger partial charge on any atom is 0.225 e. The number of rotatable bonds is 11. The molecule has 1 unspecified atom stereocenters. The number of anilines is 1. The van der Waals surface area contributed by atoms with Crippen LogP contribution in [0.5, 0.6) is 0 Å². The molecule has 2 aromatic rings. The predicted molar refractivity (Wildman–Crippen MR) is 127 cm³/mol. The first-order valence-electron chi connectivity index (χ1n) is 11.7. The van der Waals surface area contributed by atoms with Crippen molar-refractivity contribution in [2.45, 2.75) is 78.2 Å². The largest absolute Gasteiger partial charge is 0.326 e. The monoisotopic (exact) mass is 425 g/mol. The zero-order valence-electron chi connectivity index (χ0n) is 20.1. The lowest BCUT2D eigenvalue weighted by molar-refractivity contribution is -0.116. The lowest BCUT2D eigenvalue weighted by atomic mass is 10.0. The van der Waals surface area contributed by atoms with E-state index in [-0.39, 0.29) is 11.8 Å². The molecule has 1 aliphatic carbocycles. The Bertz CT molecular complexity index is 882. The molecule has 1 heterocycles. The summed E-state index contributed by atoms with van der Waals surface area (Å²) in [6, 6.07) is 6.63. The van der Waals surface area contributed by atoms with E-state index in [4.69, 9.17) is 0 Å². The highest BCUT2D eigenvalue weighted by Gasteiger charge is 2.33. The number of aromatic nitrogens is 3. The molecular formula is C25H39N5O. The van der Waals surface area contributed by atoms with Gasteiger partial charge in [-0.25, -0.2) is 0 Å². The number of carbonyl (C=O) groups is 1. The summed E-state index contributed by atoms with van der Waals surface area (Å²) in [6.45, 7) is 9.40. The van der Waals surface area contributed by atoms with Gasteiger partial charge in [-0.05, 0) is 64.8 Å². The normalized spacial score (nSPS) is 15.0. The Hall–Kier alpha value is -2.21. The first-order chi connectivity index (χ1) is 14.7. The van der Waals surface area contributed by atoms with E-state index < -0.39 is 0 Å². The minimum atomic E-state index is 0.0210. The molecule has 0 saturated heterocycles. The molecule has 6 heteroatoms. The van der Waals surface area contributed by atoms with Gasteiger partial charge in [-0.15, -0.1) is 10.2 Å². The number of hydrogen-bond donors (Lipinski definition) is 1. The van der Waals surface area contributed by atoms with Crippen LogP contribution in [0, 0.1) is 19.8 Å². The van der Waals surface area contributed by atoms with Gasteiger partial charge in [0.15, 0.2) is 0 Å². The zero-order valence-corrected chi connectivity index (χ0v) is 20.1. The van der Waals surface area contributed by atoms with Gasteiger partial charge in [-0.2, -0.15) is 0 Å². The SMILES string of the molecule is Cc1ccc(NC(=O)CC(CN(C)C)c2nnc(CCCC(C)C)n2C2CC2)c(C)c1. The zero-order chi connectivity index (χ0) is 22.5. The van der Waals surface area contributed by atoms with Crippen LogP contribution in [0.3, 0.4) is 0 Å². The van der Waals surface area contributed by atoms with E-state index in [1.807, 2.05) is 19.1 Å². The fourth-order valence-electron chi connectivity index (χ4n) is 4.24. The lowest BCUT2D eigenvalue weighted by Crippen LogP contribution is -2.27. The van der Waals surface area contributed by atoms with Crippen molar-refractivity contribution >= 4 is 11.6 Å². The molecule has 170 valence electrons. The maximum atomic E-state index is 13.0. The highest BCUT2D eigenvalue weighted by Crippen LogP contribution is 2.39. The Balaban J connectivity index is 1.77. The number of nitrogens with zero attached hydrogens (tertiary/aromatic N) is 4. The summed E-state index contributed by atoms with van der Waals surface area (Å²) >= 11 is 0. The van der Waals surface area contributed by atoms with E-state index in [0.717, 1.165) is 42.3 Å². The number of amides is 1. The van der Waals surface area contributed by atoms with Crippen LogP contribution < -0.4 is 5.32 Å². The quantitative estimate of drug-likeness (QED) is 0.557. The first-order valence-corrected chi connectivity index (χ1v) is 11.7. The molecule has 1 atom stereocenters. The van der Waals surface area contributed by atoms with Gasteiger partial charge in [0.1, 0.15) is 11.6 Å². The molecule has 1 aromatic carbocycles. The van der Waals surface area contributed by atoms with Crippen LogP contribution in [-0.4, -0.2) is 46.2 Å². The van der Waals surface area contributed by atoms with Crippen LogP contribution in [0.25, 0.3) is 0 Å². The number of carbonyl (C=O) groups excluding carboxylic acids is 1. The average molecular weight is 426 g/mol. The third-order valence-electron chi connectivity index (χ3n) is 5.93. The molecule has 31 heavy (non-hydrogen) atoms. The second-order valence-corrected chi connectivity index (χ2v) is 9.89. The van der Waals surface area contributed by atoms with Crippen molar-refractivity contribution in [2.75, 3.05) is 26.0 Å². The Morgan fingerprint density at radius 3 is 2.58 bits per heavy atom. The molecule has 1 aliphatic rings. The smallest absolute Gasteiger partial charge is 0.225 e. The molecule has 1 amide bonds. The van der Waals surface area contributed by atoms with E-state index >= 15 is 0 Å². The number of benzene rings is 1. The van der Waals surface area contributed by atoms with Gasteiger partial charge in [0.05, 0.1) is 0 Å². The first kappa shape index (κ1) is 23.5. The summed E-state index contributed by atoms with van der Waals surface area (Å²) in [5.41, 5.74) is 3.17. The van der Waals surface area contributed by atoms with E-state index in [1.54, 1.807) is 0 Å². The molecule has 3 rings (SSSR count). The topological polar surface area (TPSA) is 63.1 Å². The Morgan fingerprint density at radius 1 is 1.23 bits per heavy atom. The van der Waals surface area contributed by atoms with Crippen LogP contribution >= 0.6 is 0 Å². The van der Waals surface area contributed by atoms with Gasteiger partial charge in [0, 0.05) is 37.0 Å². The third kappa shape index (κ3) is 6.63. The third-order valence-corrected chi connectivity index (χ3v) is 5.93. The van der Waals surface area contributed by atoms with Gasteiger partial charge < -0.3 is 14.8 Å². The van der Waals surface area contributed by atoms with E-state index in [1.165, 1.54) is 24.8 Å². The molecule has 1 fully saturated rings. The van der Waals surface area contributed by atoms with Gasteiger partial charge >= 0.3 is 0 Å². The summed E-state index contributed by atoms with van der Waals surface area (Å²) < 4.78 is 2.36. The van der Waals surface area contributed by atoms with Crippen LogP contribution in [0.15, 0.2) is 18.2 Å². The Kier molecular flexibility index (Phi) is 7.87. The number of likely N-dealkylation sites (N-methyl/N-ethyl adjacent to an activating group) is 1. The minimum absolute atomic E-state index is 0.0210. The van der Waals surface area contributed by atoms with Crippen LogP contribution in [0.1, 0.15) is 80.7 Å². The summed E-state index contributed by atoms with van der Waals surface area (Å²) in [4.78, 5) is 15.1. The highest BCUT2D eigenvalue weighted by atomic mass is 16.1. The molecule has 1 aromatic heterocycles. The summed E-state index contributed by atoms with van der Waals surface area (Å²) in [5, 5.41) is 12.3. The van der Waals surface area contributed by atoms with Gasteiger partial charge in [-0.3, -0.25) is 4.79 Å².